The molecule has 3 heterocycles. The number of hydrogen-bond donors (Lipinski definition) is 1. The third-order valence-corrected chi connectivity index (χ3v) is 7.80. The van der Waals surface area contributed by atoms with Crippen LogP contribution in [-0.4, -0.2) is 36.4 Å². The van der Waals surface area contributed by atoms with E-state index < -0.39 is 34.9 Å². The van der Waals surface area contributed by atoms with E-state index in [1.807, 2.05) is 26.0 Å². The first-order chi connectivity index (χ1) is 18.5. The number of carboxylic acids is 1. The summed E-state index contributed by atoms with van der Waals surface area (Å²) in [5.41, 5.74) is 1.31. The monoisotopic (exact) mass is 531 g/mol. The number of Topliss-reactive ketones (excluding diaryl/α,β-unsaturated/α-hetero) is 1. The van der Waals surface area contributed by atoms with Crippen molar-refractivity contribution in [1.82, 2.24) is 13.9 Å². The summed E-state index contributed by atoms with van der Waals surface area (Å²) in [4.78, 5) is 51.1. The molecule has 9 nitrogen and oxygen atoms in total. The first-order valence-corrected chi connectivity index (χ1v) is 13.4. The summed E-state index contributed by atoms with van der Waals surface area (Å²) in [5, 5.41) is 9.92. The van der Waals surface area contributed by atoms with E-state index in [1.165, 1.54) is 16.3 Å². The van der Waals surface area contributed by atoms with Gasteiger partial charge in [-0.25, -0.2) is 23.5 Å². The molecule has 9 heteroatoms. The lowest BCUT2D eigenvalue weighted by atomic mass is 9.81. The van der Waals surface area contributed by atoms with Crippen LogP contribution in [0.3, 0.4) is 0 Å². The second-order valence-corrected chi connectivity index (χ2v) is 10.8. The van der Waals surface area contributed by atoms with E-state index in [0.29, 0.717) is 34.5 Å². The van der Waals surface area contributed by atoms with Gasteiger partial charge in [-0.2, -0.15) is 0 Å². The molecule has 0 radical (unpaired) electrons. The van der Waals surface area contributed by atoms with Gasteiger partial charge in [0.25, 0.3) is 0 Å². The minimum atomic E-state index is -0.878. The molecule has 0 saturated heterocycles. The summed E-state index contributed by atoms with van der Waals surface area (Å²) in [6.45, 7) is 7.56. The Morgan fingerprint density at radius 1 is 1.08 bits per heavy atom. The van der Waals surface area contributed by atoms with Gasteiger partial charge in [-0.05, 0) is 68.7 Å². The number of aromatic nitrogens is 3. The van der Waals surface area contributed by atoms with E-state index >= 15 is 0 Å². The summed E-state index contributed by atoms with van der Waals surface area (Å²) >= 11 is 0. The number of carboxylic acid groups (broad SMARTS) is 1. The lowest BCUT2D eigenvalue weighted by Gasteiger charge is -2.42. The number of hydrogen-bond acceptors (Lipinski definition) is 5. The molecule has 2 aromatic carbocycles. The molecule has 0 fully saturated rings. The standard InChI is InChI=1S/C30H33N3O6/c1-5-6-7-8-22(27(35)36)20-11-14-23-25(17-20)39-30(3,4)24-15-16-31-28(37)32(29(38)33(31)26(23)24)21-12-9-19(10-13-21)18(2)34/h9-15,17,22,26H,5-8,16H2,1-4H3,(H,35,36). The lowest BCUT2D eigenvalue weighted by molar-refractivity contribution is -0.139. The van der Waals surface area contributed by atoms with Gasteiger partial charge in [0.2, 0.25) is 0 Å². The Hall–Kier alpha value is -4.14. The van der Waals surface area contributed by atoms with E-state index in [4.69, 9.17) is 4.74 Å². The van der Waals surface area contributed by atoms with E-state index in [9.17, 15) is 24.3 Å². The van der Waals surface area contributed by atoms with Gasteiger partial charge in [0, 0.05) is 11.1 Å². The van der Waals surface area contributed by atoms with Crippen LogP contribution in [0.1, 0.15) is 86.8 Å². The van der Waals surface area contributed by atoms with Crippen molar-refractivity contribution in [2.24, 2.45) is 0 Å². The number of aliphatic carboxylic acids is 1. The minimum absolute atomic E-state index is 0.105. The van der Waals surface area contributed by atoms with E-state index in [-0.39, 0.29) is 12.3 Å². The van der Waals surface area contributed by atoms with Gasteiger partial charge >= 0.3 is 17.3 Å². The molecule has 1 aromatic heterocycles. The first-order valence-electron chi connectivity index (χ1n) is 13.4. The molecule has 3 aromatic rings. The zero-order valence-electron chi connectivity index (χ0n) is 22.6. The van der Waals surface area contributed by atoms with Crippen molar-refractivity contribution < 1.29 is 19.4 Å². The van der Waals surface area contributed by atoms with Crippen LogP contribution in [0.5, 0.6) is 5.75 Å². The van der Waals surface area contributed by atoms with Crippen molar-refractivity contribution in [2.45, 2.75) is 77.5 Å². The van der Waals surface area contributed by atoms with Crippen LogP contribution >= 0.6 is 0 Å². The highest BCUT2D eigenvalue weighted by Gasteiger charge is 2.44. The molecule has 2 atom stereocenters. The molecule has 0 bridgehead atoms. The maximum absolute atomic E-state index is 13.8. The number of unbranched alkanes of at least 4 members (excludes halogenated alkanes) is 2. The molecule has 2 unspecified atom stereocenters. The maximum Gasteiger partial charge on any atom is 0.352 e. The van der Waals surface area contributed by atoms with Crippen LogP contribution in [0.2, 0.25) is 0 Å². The normalized spacial score (nSPS) is 17.7. The quantitative estimate of drug-likeness (QED) is 0.261. The number of benzene rings is 2. The average molecular weight is 532 g/mol. The second-order valence-electron chi connectivity index (χ2n) is 10.8. The number of ketones is 1. The van der Waals surface area contributed by atoms with Crippen molar-refractivity contribution >= 4 is 11.8 Å². The Labute approximate surface area is 225 Å². The lowest BCUT2D eigenvalue weighted by Crippen LogP contribution is -2.46. The third-order valence-electron chi connectivity index (χ3n) is 7.80. The smallest absolute Gasteiger partial charge is 0.352 e. The third kappa shape index (κ3) is 4.45. The Morgan fingerprint density at radius 3 is 2.44 bits per heavy atom. The van der Waals surface area contributed by atoms with Crippen molar-refractivity contribution in [1.29, 1.82) is 0 Å². The number of fused-ring (bicyclic) bond motifs is 5. The highest BCUT2D eigenvalue weighted by atomic mass is 16.5. The highest BCUT2D eigenvalue weighted by Crippen LogP contribution is 2.47. The fourth-order valence-corrected chi connectivity index (χ4v) is 5.73. The zero-order valence-corrected chi connectivity index (χ0v) is 22.6. The molecular weight excluding hydrogens is 498 g/mol. The molecule has 0 amide bonds. The second kappa shape index (κ2) is 9.87. The molecule has 39 heavy (non-hydrogen) atoms. The molecule has 0 aliphatic carbocycles. The average Bonchev–Trinajstić information content (AvgIpc) is 3.15. The molecule has 0 spiro atoms. The Kier molecular flexibility index (Phi) is 6.70. The molecule has 2 aliphatic rings. The predicted octanol–water partition coefficient (Wildman–Crippen LogP) is 4.45. The van der Waals surface area contributed by atoms with Crippen LogP contribution in [0.25, 0.3) is 5.69 Å². The van der Waals surface area contributed by atoms with Crippen molar-refractivity contribution in [3.05, 3.63) is 91.8 Å². The molecule has 2 aliphatic heterocycles. The summed E-state index contributed by atoms with van der Waals surface area (Å²) < 4.78 is 10.4. The van der Waals surface area contributed by atoms with Gasteiger partial charge in [-0.1, -0.05) is 44.4 Å². The topological polar surface area (TPSA) is 113 Å². The van der Waals surface area contributed by atoms with E-state index in [2.05, 4.69) is 6.92 Å². The maximum atomic E-state index is 13.8. The van der Waals surface area contributed by atoms with Crippen molar-refractivity contribution in [2.75, 3.05) is 0 Å². The fraction of sp³-hybridized carbons (Fsp3) is 0.400. The number of allylic oxidation sites excluding steroid dienone is 1. The van der Waals surface area contributed by atoms with Gasteiger partial charge in [-0.15, -0.1) is 0 Å². The minimum Gasteiger partial charge on any atom is -0.483 e. The first kappa shape index (κ1) is 26.5. The Morgan fingerprint density at radius 2 is 1.79 bits per heavy atom. The van der Waals surface area contributed by atoms with Gasteiger partial charge < -0.3 is 9.84 Å². The van der Waals surface area contributed by atoms with Crippen molar-refractivity contribution in [3.63, 3.8) is 0 Å². The molecular formula is C30H33N3O6. The van der Waals surface area contributed by atoms with Gasteiger partial charge in [0.15, 0.2) is 5.78 Å². The summed E-state index contributed by atoms with van der Waals surface area (Å²) in [6, 6.07) is 11.2. The molecule has 0 saturated carbocycles. The fourth-order valence-electron chi connectivity index (χ4n) is 5.73. The van der Waals surface area contributed by atoms with E-state index in [0.717, 1.165) is 29.4 Å². The zero-order chi connectivity index (χ0) is 28.1. The SMILES string of the molecule is CCCCCC(C(=O)O)c1ccc2c(c1)OC(C)(C)C1=CCn3c(=O)n(-c4ccc(C(C)=O)cc4)c(=O)n3C12. The van der Waals surface area contributed by atoms with Gasteiger partial charge in [0.05, 0.1) is 18.2 Å². The number of carbonyl (C=O) groups is 2. The van der Waals surface area contributed by atoms with Gasteiger partial charge in [-0.3, -0.25) is 9.59 Å². The predicted molar refractivity (Wildman–Crippen MR) is 146 cm³/mol. The number of carbonyl (C=O) groups excluding carboxylic acids is 1. The van der Waals surface area contributed by atoms with Crippen LogP contribution in [-0.2, 0) is 11.3 Å². The number of nitrogens with zero attached hydrogens (tertiary/aromatic N) is 3. The molecule has 5 rings (SSSR count). The largest absolute Gasteiger partial charge is 0.483 e. The van der Waals surface area contributed by atoms with Crippen LogP contribution < -0.4 is 16.1 Å². The summed E-state index contributed by atoms with van der Waals surface area (Å²) in [6.07, 6.45) is 5.24. The van der Waals surface area contributed by atoms with Gasteiger partial charge in [0.1, 0.15) is 17.4 Å². The number of ether oxygens (including phenoxy) is 1. The Bertz CT molecular complexity index is 1600. The van der Waals surface area contributed by atoms with Crippen LogP contribution in [0.15, 0.2) is 63.7 Å². The number of rotatable bonds is 8. The van der Waals surface area contributed by atoms with Crippen LogP contribution in [0, 0.1) is 0 Å². The van der Waals surface area contributed by atoms with Crippen molar-refractivity contribution in [3.8, 4) is 11.4 Å². The summed E-state index contributed by atoms with van der Waals surface area (Å²) in [7, 11) is 0. The Balaban J connectivity index is 1.62. The van der Waals surface area contributed by atoms with E-state index in [1.54, 1.807) is 36.4 Å². The molecule has 204 valence electrons. The van der Waals surface area contributed by atoms with Crippen LogP contribution in [0.4, 0.5) is 0 Å². The summed E-state index contributed by atoms with van der Waals surface area (Å²) in [5.74, 6) is -1.13. The highest BCUT2D eigenvalue weighted by molar-refractivity contribution is 5.94. The molecule has 1 N–H and O–H groups in total.